The van der Waals surface area contributed by atoms with Crippen molar-refractivity contribution in [3.63, 3.8) is 0 Å². The molecule has 4 rings (SSSR count). The number of hydrogen-bond donors (Lipinski definition) is 0. The lowest BCUT2D eigenvalue weighted by molar-refractivity contribution is 0.590. The van der Waals surface area contributed by atoms with Crippen LogP contribution in [-0.2, 0) is 5.41 Å². The van der Waals surface area contributed by atoms with Gasteiger partial charge in [-0.2, -0.15) is 0 Å². The number of halogens is 1. The molecule has 0 fully saturated rings. The van der Waals surface area contributed by atoms with Gasteiger partial charge in [0.2, 0.25) is 0 Å². The highest BCUT2D eigenvalue weighted by atomic mass is 19.1. The molecule has 29 heavy (non-hydrogen) atoms. The van der Waals surface area contributed by atoms with E-state index < -0.39 is 0 Å². The highest BCUT2D eigenvalue weighted by Crippen LogP contribution is 2.39. The Morgan fingerprint density at radius 2 is 1.34 bits per heavy atom. The summed E-state index contributed by atoms with van der Waals surface area (Å²) in [6.45, 7) is 6.56. The normalized spacial score (nSPS) is 11.4. The predicted molar refractivity (Wildman–Crippen MR) is 117 cm³/mol. The van der Waals surface area contributed by atoms with Gasteiger partial charge in [-0.05, 0) is 52.4 Å². The molecular weight excluding hydrogens is 359 g/mol. The molecule has 0 unspecified atom stereocenters. The van der Waals surface area contributed by atoms with Gasteiger partial charge >= 0.3 is 0 Å². The van der Waals surface area contributed by atoms with Gasteiger partial charge in [-0.15, -0.1) is 0 Å². The summed E-state index contributed by atoms with van der Waals surface area (Å²) in [6, 6.07) is 23.8. The van der Waals surface area contributed by atoms with Crippen molar-refractivity contribution < 1.29 is 4.39 Å². The fraction of sp³-hybridized carbons (Fsp3) is 0.154. The van der Waals surface area contributed by atoms with Crippen molar-refractivity contribution in [2.24, 2.45) is 0 Å². The van der Waals surface area contributed by atoms with Crippen LogP contribution in [0.25, 0.3) is 33.6 Å². The predicted octanol–water partition coefficient (Wildman–Crippen LogP) is 6.91. The lowest BCUT2D eigenvalue weighted by atomic mass is 9.83. The molecule has 0 saturated heterocycles. The summed E-state index contributed by atoms with van der Waals surface area (Å²) in [4.78, 5) is 8.91. The Bertz CT molecular complexity index is 1130. The minimum atomic E-state index is -0.337. The van der Waals surface area contributed by atoms with Gasteiger partial charge in [0.25, 0.3) is 0 Å². The number of aromatic nitrogens is 2. The van der Waals surface area contributed by atoms with Crippen LogP contribution in [0, 0.1) is 5.82 Å². The average molecular weight is 382 g/mol. The zero-order chi connectivity index (χ0) is 20.4. The number of hydrogen-bond acceptors (Lipinski definition) is 2. The van der Waals surface area contributed by atoms with Gasteiger partial charge in [0, 0.05) is 17.3 Å². The molecule has 0 aliphatic heterocycles. The minimum Gasteiger partial charge on any atom is -0.256 e. The molecule has 0 aliphatic rings. The van der Waals surface area contributed by atoms with Crippen molar-refractivity contribution in [3.05, 3.63) is 96.6 Å². The second-order valence-electron chi connectivity index (χ2n) is 8.13. The molecule has 0 spiro atoms. The quantitative estimate of drug-likeness (QED) is 0.384. The fourth-order valence-electron chi connectivity index (χ4n) is 3.46. The van der Waals surface area contributed by atoms with Crippen LogP contribution in [-0.4, -0.2) is 9.97 Å². The van der Waals surface area contributed by atoms with E-state index in [9.17, 15) is 4.39 Å². The zero-order valence-corrected chi connectivity index (χ0v) is 16.9. The maximum absolute atomic E-state index is 13.5. The maximum Gasteiger partial charge on any atom is 0.141 e. The minimum absolute atomic E-state index is 0.00614. The Morgan fingerprint density at radius 3 is 2.00 bits per heavy atom. The van der Waals surface area contributed by atoms with Crippen molar-refractivity contribution in [2.45, 2.75) is 26.2 Å². The Balaban J connectivity index is 1.97. The van der Waals surface area contributed by atoms with Gasteiger partial charge in [-0.3, -0.25) is 9.97 Å². The van der Waals surface area contributed by atoms with Crippen molar-refractivity contribution >= 4 is 0 Å². The summed E-state index contributed by atoms with van der Waals surface area (Å²) < 4.78 is 13.5. The SMILES string of the molecule is CC(C)(C)c1ccc(-c2ccccc2-c2ccccn2)c(-c2ccc(F)cn2)c1. The van der Waals surface area contributed by atoms with Crippen LogP contribution in [0.5, 0.6) is 0 Å². The van der Waals surface area contributed by atoms with E-state index >= 15 is 0 Å². The highest BCUT2D eigenvalue weighted by molar-refractivity contribution is 5.90. The van der Waals surface area contributed by atoms with Gasteiger partial charge in [-0.1, -0.05) is 63.2 Å². The van der Waals surface area contributed by atoms with E-state index in [0.29, 0.717) is 0 Å². The molecule has 0 saturated carbocycles. The second kappa shape index (κ2) is 7.59. The maximum atomic E-state index is 13.5. The van der Waals surface area contributed by atoms with Crippen LogP contribution in [0.2, 0.25) is 0 Å². The van der Waals surface area contributed by atoms with Crippen molar-refractivity contribution in [1.82, 2.24) is 9.97 Å². The molecule has 0 aliphatic carbocycles. The lowest BCUT2D eigenvalue weighted by Gasteiger charge is -2.22. The van der Waals surface area contributed by atoms with Gasteiger partial charge in [-0.25, -0.2) is 4.39 Å². The monoisotopic (exact) mass is 382 g/mol. The number of benzene rings is 2. The average Bonchev–Trinajstić information content (AvgIpc) is 2.74. The summed E-state index contributed by atoms with van der Waals surface area (Å²) in [5.74, 6) is -0.337. The first kappa shape index (κ1) is 19.0. The summed E-state index contributed by atoms with van der Waals surface area (Å²) in [7, 11) is 0. The largest absolute Gasteiger partial charge is 0.256 e. The van der Waals surface area contributed by atoms with E-state index in [4.69, 9.17) is 0 Å². The molecule has 2 heterocycles. The Hall–Kier alpha value is -3.33. The molecule has 2 aromatic carbocycles. The molecule has 0 radical (unpaired) electrons. The fourth-order valence-corrected chi connectivity index (χ4v) is 3.46. The summed E-state index contributed by atoms with van der Waals surface area (Å²) in [5.41, 5.74) is 7.04. The van der Waals surface area contributed by atoms with E-state index in [0.717, 1.165) is 33.6 Å². The first-order valence-corrected chi connectivity index (χ1v) is 9.71. The van der Waals surface area contributed by atoms with E-state index in [1.807, 2.05) is 30.3 Å². The van der Waals surface area contributed by atoms with E-state index in [1.165, 1.54) is 17.8 Å². The van der Waals surface area contributed by atoms with Crippen molar-refractivity contribution in [3.8, 4) is 33.6 Å². The van der Waals surface area contributed by atoms with Crippen LogP contribution in [0.1, 0.15) is 26.3 Å². The lowest BCUT2D eigenvalue weighted by Crippen LogP contribution is -2.11. The topological polar surface area (TPSA) is 25.8 Å². The molecule has 144 valence electrons. The molecule has 0 N–H and O–H groups in total. The summed E-state index contributed by atoms with van der Waals surface area (Å²) in [6.07, 6.45) is 3.07. The summed E-state index contributed by atoms with van der Waals surface area (Å²) >= 11 is 0. The second-order valence-corrected chi connectivity index (χ2v) is 8.13. The van der Waals surface area contributed by atoms with E-state index in [2.05, 4.69) is 61.1 Å². The molecule has 0 atom stereocenters. The highest BCUT2D eigenvalue weighted by Gasteiger charge is 2.19. The molecular formula is C26H23FN2. The Morgan fingerprint density at radius 1 is 0.655 bits per heavy atom. The van der Waals surface area contributed by atoms with Crippen LogP contribution < -0.4 is 0 Å². The van der Waals surface area contributed by atoms with Crippen molar-refractivity contribution in [2.75, 3.05) is 0 Å². The van der Waals surface area contributed by atoms with Crippen LogP contribution in [0.3, 0.4) is 0 Å². The molecule has 0 amide bonds. The summed E-state index contributed by atoms with van der Waals surface area (Å²) in [5, 5.41) is 0. The van der Waals surface area contributed by atoms with Gasteiger partial charge in [0.15, 0.2) is 0 Å². The Kier molecular flexibility index (Phi) is 4.98. The van der Waals surface area contributed by atoms with E-state index in [-0.39, 0.29) is 11.2 Å². The van der Waals surface area contributed by atoms with Crippen molar-refractivity contribution in [1.29, 1.82) is 0 Å². The zero-order valence-electron chi connectivity index (χ0n) is 16.9. The first-order valence-electron chi connectivity index (χ1n) is 9.71. The standard InChI is InChI=1S/C26H23FN2/c1-26(2,3)18-11-13-21(23(16-18)25-14-12-19(27)17-29-25)20-8-4-5-9-22(20)24-10-6-7-15-28-24/h4-17H,1-3H3. The molecule has 2 nitrogen and oxygen atoms in total. The molecule has 4 aromatic rings. The molecule has 3 heteroatoms. The van der Waals surface area contributed by atoms with Gasteiger partial charge in [0.1, 0.15) is 5.82 Å². The van der Waals surface area contributed by atoms with Gasteiger partial charge < -0.3 is 0 Å². The van der Waals surface area contributed by atoms with Crippen LogP contribution in [0.4, 0.5) is 4.39 Å². The third kappa shape index (κ3) is 3.95. The Labute approximate surface area is 171 Å². The number of nitrogens with zero attached hydrogens (tertiary/aromatic N) is 2. The third-order valence-electron chi connectivity index (χ3n) is 5.05. The van der Waals surface area contributed by atoms with Crippen LogP contribution >= 0.6 is 0 Å². The third-order valence-corrected chi connectivity index (χ3v) is 5.05. The smallest absolute Gasteiger partial charge is 0.141 e. The van der Waals surface area contributed by atoms with Gasteiger partial charge in [0.05, 0.1) is 17.6 Å². The van der Waals surface area contributed by atoms with E-state index in [1.54, 1.807) is 12.3 Å². The van der Waals surface area contributed by atoms with Crippen LogP contribution in [0.15, 0.2) is 85.2 Å². The number of pyridine rings is 2. The molecule has 0 bridgehead atoms. The number of rotatable bonds is 3. The first-order chi connectivity index (χ1) is 13.9. The molecule has 2 aromatic heterocycles.